The lowest BCUT2D eigenvalue weighted by atomic mass is 9.95. The van der Waals surface area contributed by atoms with Crippen LogP contribution in [0.4, 0.5) is 0 Å². The van der Waals surface area contributed by atoms with Crippen LogP contribution < -0.4 is 10.1 Å². The van der Waals surface area contributed by atoms with Gasteiger partial charge < -0.3 is 19.7 Å². The minimum Gasteiger partial charge on any atom is -0.497 e. The fourth-order valence-electron chi connectivity index (χ4n) is 4.64. The summed E-state index contributed by atoms with van der Waals surface area (Å²) in [6.45, 7) is 3.54. The molecule has 0 spiro atoms. The normalized spacial score (nSPS) is 18.9. The molecule has 0 aromatic heterocycles. The van der Waals surface area contributed by atoms with Crippen molar-refractivity contribution < 1.29 is 19.1 Å². The Morgan fingerprint density at radius 2 is 1.73 bits per heavy atom. The van der Waals surface area contributed by atoms with Crippen molar-refractivity contribution in [3.63, 3.8) is 0 Å². The van der Waals surface area contributed by atoms with Crippen LogP contribution in [0.2, 0.25) is 0 Å². The molecule has 30 heavy (non-hydrogen) atoms. The van der Waals surface area contributed by atoms with Crippen LogP contribution in [0.5, 0.6) is 5.75 Å². The minimum atomic E-state index is -0.0944. The Morgan fingerprint density at radius 1 is 1.07 bits per heavy atom. The first-order valence-electron chi connectivity index (χ1n) is 11.0. The van der Waals surface area contributed by atoms with Crippen molar-refractivity contribution >= 4 is 11.8 Å². The molecule has 7 nitrogen and oxygen atoms in total. The lowest BCUT2D eigenvalue weighted by molar-refractivity contribution is -0.138. The summed E-state index contributed by atoms with van der Waals surface area (Å²) >= 11 is 0. The van der Waals surface area contributed by atoms with Crippen molar-refractivity contribution in [2.75, 3.05) is 53.6 Å². The SMILES string of the molecule is COCC(=O)N1CCN(C(C(=O)NCCc2ccc(OC)cc2)C2CCCC2)CC1. The van der Waals surface area contributed by atoms with E-state index in [9.17, 15) is 9.59 Å². The minimum absolute atomic E-state index is 0.0264. The van der Waals surface area contributed by atoms with Gasteiger partial charge in [0.25, 0.3) is 0 Å². The van der Waals surface area contributed by atoms with Crippen molar-refractivity contribution in [2.24, 2.45) is 5.92 Å². The van der Waals surface area contributed by atoms with Crippen molar-refractivity contribution in [2.45, 2.75) is 38.1 Å². The molecule has 166 valence electrons. The second kappa shape index (κ2) is 11.3. The Kier molecular flexibility index (Phi) is 8.51. The smallest absolute Gasteiger partial charge is 0.248 e. The summed E-state index contributed by atoms with van der Waals surface area (Å²) in [5.74, 6) is 1.41. The number of methoxy groups -OCH3 is 2. The highest BCUT2D eigenvalue weighted by molar-refractivity contribution is 5.82. The van der Waals surface area contributed by atoms with Gasteiger partial charge in [0.1, 0.15) is 12.4 Å². The van der Waals surface area contributed by atoms with E-state index in [4.69, 9.17) is 9.47 Å². The van der Waals surface area contributed by atoms with Gasteiger partial charge in [-0.05, 0) is 42.9 Å². The third kappa shape index (κ3) is 5.95. The van der Waals surface area contributed by atoms with Crippen LogP contribution in [0, 0.1) is 5.92 Å². The molecule has 0 bridgehead atoms. The highest BCUT2D eigenvalue weighted by Crippen LogP contribution is 2.31. The summed E-state index contributed by atoms with van der Waals surface area (Å²) in [6.07, 6.45) is 5.42. The molecule has 1 aromatic carbocycles. The Hall–Kier alpha value is -2.12. The van der Waals surface area contributed by atoms with Crippen molar-refractivity contribution in [3.8, 4) is 5.75 Å². The lowest BCUT2D eigenvalue weighted by Crippen LogP contribution is -2.58. The van der Waals surface area contributed by atoms with Gasteiger partial charge in [-0.15, -0.1) is 0 Å². The molecule has 1 N–H and O–H groups in total. The van der Waals surface area contributed by atoms with Gasteiger partial charge in [-0.3, -0.25) is 14.5 Å². The molecule has 1 unspecified atom stereocenters. The fraction of sp³-hybridized carbons (Fsp3) is 0.652. The number of ether oxygens (including phenoxy) is 2. The first-order valence-corrected chi connectivity index (χ1v) is 11.0. The molecular weight excluding hydrogens is 382 g/mol. The number of carbonyl (C=O) groups excluding carboxylic acids is 2. The van der Waals surface area contributed by atoms with Gasteiger partial charge >= 0.3 is 0 Å². The van der Waals surface area contributed by atoms with E-state index in [0.29, 0.717) is 25.6 Å². The third-order valence-electron chi connectivity index (χ3n) is 6.32. The molecule has 1 atom stereocenters. The molecule has 1 saturated heterocycles. The summed E-state index contributed by atoms with van der Waals surface area (Å²) in [5.41, 5.74) is 1.18. The van der Waals surface area contributed by atoms with Gasteiger partial charge in [-0.2, -0.15) is 0 Å². The maximum Gasteiger partial charge on any atom is 0.248 e. The summed E-state index contributed by atoms with van der Waals surface area (Å²) in [4.78, 5) is 29.4. The predicted octanol–water partition coefficient (Wildman–Crippen LogP) is 1.70. The molecular formula is C23H35N3O4. The summed E-state index contributed by atoms with van der Waals surface area (Å²) < 4.78 is 10.2. The number of piperazine rings is 1. The van der Waals surface area contributed by atoms with Crippen LogP contribution in [0.25, 0.3) is 0 Å². The number of nitrogens with zero attached hydrogens (tertiary/aromatic N) is 2. The van der Waals surface area contributed by atoms with E-state index >= 15 is 0 Å². The van der Waals surface area contributed by atoms with Gasteiger partial charge in [0.15, 0.2) is 0 Å². The average Bonchev–Trinajstić information content (AvgIpc) is 3.29. The van der Waals surface area contributed by atoms with Gasteiger partial charge in [0, 0.05) is 39.8 Å². The van der Waals surface area contributed by atoms with Gasteiger partial charge in [0.05, 0.1) is 13.2 Å². The van der Waals surface area contributed by atoms with E-state index in [1.165, 1.54) is 18.4 Å². The molecule has 2 fully saturated rings. The molecule has 7 heteroatoms. The Labute approximate surface area is 179 Å². The van der Waals surface area contributed by atoms with E-state index in [1.807, 2.05) is 29.2 Å². The average molecular weight is 418 g/mol. The number of rotatable bonds is 9. The lowest BCUT2D eigenvalue weighted by Gasteiger charge is -2.40. The molecule has 1 aliphatic heterocycles. The van der Waals surface area contributed by atoms with Crippen LogP contribution in [-0.2, 0) is 20.7 Å². The Bertz CT molecular complexity index is 680. The Balaban J connectivity index is 1.54. The summed E-state index contributed by atoms with van der Waals surface area (Å²) in [5, 5.41) is 3.18. The number of hydrogen-bond acceptors (Lipinski definition) is 5. The predicted molar refractivity (Wildman–Crippen MR) is 115 cm³/mol. The van der Waals surface area contributed by atoms with Crippen LogP contribution in [0.15, 0.2) is 24.3 Å². The Morgan fingerprint density at radius 3 is 2.33 bits per heavy atom. The third-order valence-corrected chi connectivity index (χ3v) is 6.32. The van der Waals surface area contributed by atoms with E-state index < -0.39 is 0 Å². The van der Waals surface area contributed by atoms with Crippen LogP contribution in [0.1, 0.15) is 31.2 Å². The van der Waals surface area contributed by atoms with E-state index in [0.717, 1.165) is 38.1 Å². The molecule has 1 heterocycles. The van der Waals surface area contributed by atoms with Crippen molar-refractivity contribution in [1.29, 1.82) is 0 Å². The zero-order chi connectivity index (χ0) is 21.3. The largest absolute Gasteiger partial charge is 0.497 e. The molecule has 2 amide bonds. The van der Waals surface area contributed by atoms with Crippen LogP contribution >= 0.6 is 0 Å². The van der Waals surface area contributed by atoms with Crippen molar-refractivity contribution in [1.82, 2.24) is 15.1 Å². The zero-order valence-corrected chi connectivity index (χ0v) is 18.3. The van der Waals surface area contributed by atoms with Gasteiger partial charge in [-0.1, -0.05) is 25.0 Å². The second-order valence-electron chi connectivity index (χ2n) is 8.23. The second-order valence-corrected chi connectivity index (χ2v) is 8.23. The van der Waals surface area contributed by atoms with Gasteiger partial charge in [-0.25, -0.2) is 0 Å². The topological polar surface area (TPSA) is 71.1 Å². The van der Waals surface area contributed by atoms with Crippen molar-refractivity contribution in [3.05, 3.63) is 29.8 Å². The van der Waals surface area contributed by atoms with E-state index in [2.05, 4.69) is 10.2 Å². The molecule has 3 rings (SSSR count). The van der Waals surface area contributed by atoms with Crippen LogP contribution in [0.3, 0.4) is 0 Å². The summed E-state index contributed by atoms with van der Waals surface area (Å²) in [7, 11) is 3.20. The van der Waals surface area contributed by atoms with Gasteiger partial charge in [0.2, 0.25) is 11.8 Å². The first-order chi connectivity index (χ1) is 14.6. The number of amides is 2. The molecule has 1 aliphatic carbocycles. The number of nitrogens with one attached hydrogen (secondary N) is 1. The van der Waals surface area contributed by atoms with E-state index in [-0.39, 0.29) is 24.5 Å². The monoisotopic (exact) mass is 417 g/mol. The molecule has 1 saturated carbocycles. The maximum absolute atomic E-state index is 13.2. The maximum atomic E-state index is 13.2. The first kappa shape index (κ1) is 22.6. The zero-order valence-electron chi connectivity index (χ0n) is 18.3. The number of benzene rings is 1. The van der Waals surface area contributed by atoms with Crippen LogP contribution in [-0.4, -0.2) is 81.2 Å². The highest BCUT2D eigenvalue weighted by Gasteiger charge is 2.37. The standard InChI is InChI=1S/C23H35N3O4/c1-29-17-21(27)25-13-15-26(16-14-25)22(19-5-3-4-6-19)23(28)24-12-11-18-7-9-20(30-2)10-8-18/h7-10,19,22H,3-6,11-17H2,1-2H3,(H,24,28). The summed E-state index contributed by atoms with van der Waals surface area (Å²) in [6, 6.07) is 7.87. The fourth-order valence-corrected chi connectivity index (χ4v) is 4.64. The highest BCUT2D eigenvalue weighted by atomic mass is 16.5. The van der Waals surface area contributed by atoms with E-state index in [1.54, 1.807) is 14.2 Å². The molecule has 2 aliphatic rings. The number of carbonyl (C=O) groups is 2. The quantitative estimate of drug-likeness (QED) is 0.662. The molecule has 1 aromatic rings. The number of hydrogen-bond donors (Lipinski definition) is 1. The molecule has 0 radical (unpaired) electrons.